The second-order valence-electron chi connectivity index (χ2n) is 2.80. The minimum atomic E-state index is -0.158. The predicted molar refractivity (Wildman–Crippen MR) is 47.2 cm³/mol. The van der Waals surface area contributed by atoms with E-state index in [1.807, 2.05) is 6.08 Å². The Morgan fingerprint density at radius 3 is 3.00 bits per heavy atom. The molecule has 0 aromatic carbocycles. The maximum Gasteiger partial charge on any atom is 0.130 e. The Kier molecular flexibility index (Phi) is 1.86. The van der Waals surface area contributed by atoms with Gasteiger partial charge in [0.1, 0.15) is 11.7 Å². The molecule has 0 aromatic rings. The van der Waals surface area contributed by atoms with Crippen LogP contribution in [0.3, 0.4) is 0 Å². The highest BCUT2D eigenvalue weighted by molar-refractivity contribution is 5.97. The molecule has 0 fully saturated rings. The van der Waals surface area contributed by atoms with Gasteiger partial charge in [0.2, 0.25) is 0 Å². The Bertz CT molecular complexity index is 300. The highest BCUT2D eigenvalue weighted by Crippen LogP contribution is 2.19. The van der Waals surface area contributed by atoms with Crippen molar-refractivity contribution < 1.29 is 4.39 Å². The molecule has 1 aliphatic heterocycles. The first kappa shape index (κ1) is 7.40. The van der Waals surface area contributed by atoms with Gasteiger partial charge in [-0.05, 0) is 18.6 Å². The van der Waals surface area contributed by atoms with E-state index in [1.54, 1.807) is 12.3 Å². The number of rotatable bonds is 1. The summed E-state index contributed by atoms with van der Waals surface area (Å²) in [6.45, 7) is 0.672. The first-order chi connectivity index (χ1) is 5.86. The Morgan fingerprint density at radius 2 is 2.42 bits per heavy atom. The molecule has 0 N–H and O–H groups in total. The van der Waals surface area contributed by atoms with Gasteiger partial charge >= 0.3 is 0 Å². The Labute approximate surface area is 70.2 Å². The van der Waals surface area contributed by atoms with Gasteiger partial charge in [-0.3, -0.25) is 4.99 Å². The molecule has 0 saturated heterocycles. The highest BCUT2D eigenvalue weighted by Gasteiger charge is 2.15. The SMILES string of the molecule is FC1=CCC(C2=NCC=N2)C=C1. The average molecular weight is 164 g/mol. The standard InChI is InChI=1S/C9H9FN2/c10-8-3-1-7(2-4-8)9-11-5-6-12-9/h1,3-5,7H,2,6H2. The molecule has 0 spiro atoms. The van der Waals surface area contributed by atoms with Crippen molar-refractivity contribution in [1.82, 2.24) is 0 Å². The van der Waals surface area contributed by atoms with E-state index in [0.29, 0.717) is 13.0 Å². The quantitative estimate of drug-likeness (QED) is 0.565. The first-order valence-electron chi connectivity index (χ1n) is 3.97. The van der Waals surface area contributed by atoms with Crippen LogP contribution in [0.25, 0.3) is 0 Å². The first-order valence-corrected chi connectivity index (χ1v) is 3.97. The van der Waals surface area contributed by atoms with E-state index in [9.17, 15) is 4.39 Å². The molecule has 2 aliphatic rings. The third kappa shape index (κ3) is 1.35. The summed E-state index contributed by atoms with van der Waals surface area (Å²) < 4.78 is 12.5. The molecule has 3 heteroatoms. The van der Waals surface area contributed by atoms with Gasteiger partial charge in [-0.25, -0.2) is 9.38 Å². The van der Waals surface area contributed by atoms with Gasteiger partial charge in [-0.2, -0.15) is 0 Å². The Balaban J connectivity index is 2.09. The fourth-order valence-electron chi connectivity index (χ4n) is 1.31. The maximum absolute atomic E-state index is 12.5. The summed E-state index contributed by atoms with van der Waals surface area (Å²) in [5.41, 5.74) is 0. The Hall–Kier alpha value is -1.25. The molecule has 1 unspecified atom stereocenters. The fourth-order valence-corrected chi connectivity index (χ4v) is 1.31. The van der Waals surface area contributed by atoms with Gasteiger partial charge in [0.05, 0.1) is 6.54 Å². The van der Waals surface area contributed by atoms with Crippen molar-refractivity contribution in [1.29, 1.82) is 0 Å². The lowest BCUT2D eigenvalue weighted by molar-refractivity contribution is 0.643. The summed E-state index contributed by atoms with van der Waals surface area (Å²) in [6.07, 6.45) is 7.32. The number of hydrogen-bond acceptors (Lipinski definition) is 2. The minimum Gasteiger partial charge on any atom is -0.264 e. The minimum absolute atomic E-state index is 0.158. The molecule has 2 nitrogen and oxygen atoms in total. The van der Waals surface area contributed by atoms with Crippen LogP contribution >= 0.6 is 0 Å². The van der Waals surface area contributed by atoms with E-state index >= 15 is 0 Å². The van der Waals surface area contributed by atoms with Gasteiger partial charge in [0.15, 0.2) is 0 Å². The van der Waals surface area contributed by atoms with Crippen molar-refractivity contribution >= 4 is 12.1 Å². The monoisotopic (exact) mass is 164 g/mol. The van der Waals surface area contributed by atoms with E-state index in [0.717, 1.165) is 5.84 Å². The van der Waals surface area contributed by atoms with Crippen molar-refractivity contribution in [2.75, 3.05) is 6.54 Å². The molecule has 1 atom stereocenters. The lowest BCUT2D eigenvalue weighted by atomic mass is 9.99. The van der Waals surface area contributed by atoms with Crippen LogP contribution in [0.2, 0.25) is 0 Å². The van der Waals surface area contributed by atoms with Crippen LogP contribution in [-0.4, -0.2) is 18.6 Å². The summed E-state index contributed by atoms with van der Waals surface area (Å²) in [4.78, 5) is 8.28. The number of aliphatic imine (C=N–C) groups is 2. The molecular formula is C9H9FN2. The summed E-state index contributed by atoms with van der Waals surface area (Å²) in [5.74, 6) is 0.854. The molecule has 12 heavy (non-hydrogen) atoms. The maximum atomic E-state index is 12.5. The molecule has 0 saturated carbocycles. The van der Waals surface area contributed by atoms with Crippen LogP contribution in [0.4, 0.5) is 4.39 Å². The van der Waals surface area contributed by atoms with Crippen molar-refractivity contribution in [2.45, 2.75) is 6.42 Å². The van der Waals surface area contributed by atoms with E-state index in [4.69, 9.17) is 0 Å². The van der Waals surface area contributed by atoms with E-state index in [-0.39, 0.29) is 11.7 Å². The molecule has 0 amide bonds. The lowest BCUT2D eigenvalue weighted by Crippen LogP contribution is -2.09. The number of hydrogen-bond donors (Lipinski definition) is 0. The molecule has 0 bridgehead atoms. The third-order valence-electron chi connectivity index (χ3n) is 1.94. The van der Waals surface area contributed by atoms with Gasteiger partial charge in [0.25, 0.3) is 0 Å². The molecule has 62 valence electrons. The zero-order chi connectivity index (χ0) is 8.39. The lowest BCUT2D eigenvalue weighted by Gasteiger charge is -2.10. The summed E-state index contributed by atoms with van der Waals surface area (Å²) in [6, 6.07) is 0. The summed E-state index contributed by atoms with van der Waals surface area (Å²) >= 11 is 0. The number of nitrogens with zero attached hydrogens (tertiary/aromatic N) is 2. The molecule has 1 heterocycles. The molecule has 1 aliphatic carbocycles. The van der Waals surface area contributed by atoms with Gasteiger partial charge < -0.3 is 0 Å². The van der Waals surface area contributed by atoms with E-state index < -0.39 is 0 Å². The van der Waals surface area contributed by atoms with Crippen molar-refractivity contribution in [3.63, 3.8) is 0 Å². The fraction of sp³-hybridized carbons (Fsp3) is 0.333. The summed E-state index contributed by atoms with van der Waals surface area (Å²) in [5, 5.41) is 0. The second-order valence-corrected chi connectivity index (χ2v) is 2.80. The van der Waals surface area contributed by atoms with Crippen LogP contribution in [-0.2, 0) is 0 Å². The van der Waals surface area contributed by atoms with E-state index in [2.05, 4.69) is 9.98 Å². The second kappa shape index (κ2) is 3.01. The van der Waals surface area contributed by atoms with Crippen LogP contribution in [0.1, 0.15) is 6.42 Å². The van der Waals surface area contributed by atoms with Gasteiger partial charge in [-0.1, -0.05) is 6.08 Å². The Morgan fingerprint density at radius 1 is 1.50 bits per heavy atom. The zero-order valence-corrected chi connectivity index (χ0v) is 6.57. The highest BCUT2D eigenvalue weighted by atomic mass is 19.1. The van der Waals surface area contributed by atoms with E-state index in [1.165, 1.54) is 6.08 Å². The van der Waals surface area contributed by atoms with Crippen molar-refractivity contribution in [2.24, 2.45) is 15.9 Å². The zero-order valence-electron chi connectivity index (χ0n) is 6.57. The van der Waals surface area contributed by atoms with Crippen LogP contribution < -0.4 is 0 Å². The van der Waals surface area contributed by atoms with Crippen molar-refractivity contribution in [3.8, 4) is 0 Å². The van der Waals surface area contributed by atoms with Gasteiger partial charge in [-0.15, -0.1) is 0 Å². The third-order valence-corrected chi connectivity index (χ3v) is 1.94. The number of amidine groups is 1. The smallest absolute Gasteiger partial charge is 0.130 e. The molecular weight excluding hydrogens is 155 g/mol. The topological polar surface area (TPSA) is 24.7 Å². The molecule has 2 rings (SSSR count). The summed E-state index contributed by atoms with van der Waals surface area (Å²) in [7, 11) is 0. The molecule has 0 radical (unpaired) electrons. The largest absolute Gasteiger partial charge is 0.264 e. The van der Waals surface area contributed by atoms with Crippen LogP contribution in [0, 0.1) is 5.92 Å². The normalized spacial score (nSPS) is 27.2. The van der Waals surface area contributed by atoms with Crippen molar-refractivity contribution in [3.05, 3.63) is 24.1 Å². The van der Waals surface area contributed by atoms with Crippen LogP contribution in [0.5, 0.6) is 0 Å². The number of allylic oxidation sites excluding steroid dienone is 3. The average Bonchev–Trinajstić information content (AvgIpc) is 2.58. The number of halogens is 1. The van der Waals surface area contributed by atoms with Crippen LogP contribution in [0.15, 0.2) is 34.0 Å². The van der Waals surface area contributed by atoms with Gasteiger partial charge in [0, 0.05) is 12.1 Å². The molecule has 0 aromatic heterocycles. The predicted octanol–water partition coefficient (Wildman–Crippen LogP) is 1.90.